The number of hydrogen-bond acceptors (Lipinski definition) is 5. The van der Waals surface area contributed by atoms with Crippen LogP contribution >= 0.6 is 0 Å². The summed E-state index contributed by atoms with van der Waals surface area (Å²) in [5.41, 5.74) is 0. The molecule has 1 aromatic rings. The predicted molar refractivity (Wildman–Crippen MR) is 65.8 cm³/mol. The zero-order chi connectivity index (χ0) is 14.3. The van der Waals surface area contributed by atoms with E-state index in [4.69, 9.17) is 4.74 Å². The van der Waals surface area contributed by atoms with Gasteiger partial charge < -0.3 is 14.9 Å². The average molecular weight is 286 g/mol. The number of aliphatic hydroxyl groups excluding tert-OH is 1. The third-order valence-electron chi connectivity index (χ3n) is 3.40. The molecule has 1 aliphatic carbocycles. The van der Waals surface area contributed by atoms with Crippen molar-refractivity contribution in [3.05, 3.63) is 24.3 Å². The number of sulfone groups is 1. The van der Waals surface area contributed by atoms with Gasteiger partial charge in [0.1, 0.15) is 5.75 Å². The molecule has 1 aliphatic rings. The van der Waals surface area contributed by atoms with Gasteiger partial charge in [0.25, 0.3) is 0 Å². The molecule has 1 aromatic carbocycles. The first-order valence-corrected chi connectivity index (χ1v) is 7.12. The summed E-state index contributed by atoms with van der Waals surface area (Å²) >= 11 is 0. The first-order chi connectivity index (χ1) is 8.83. The van der Waals surface area contributed by atoms with Crippen LogP contribution in [-0.4, -0.2) is 42.6 Å². The molecule has 0 aromatic heterocycles. The van der Waals surface area contributed by atoms with Gasteiger partial charge in [0.15, 0.2) is 14.6 Å². The van der Waals surface area contributed by atoms with Crippen LogP contribution in [0.3, 0.4) is 0 Å². The lowest BCUT2D eigenvalue weighted by molar-refractivity contribution is -0.146. The Morgan fingerprint density at radius 1 is 1.32 bits per heavy atom. The van der Waals surface area contributed by atoms with E-state index in [0.717, 1.165) is 0 Å². The standard InChI is InChI=1S/C12H14O6S/c1-18-9-2-4-10(5-3-9)19(16,17)12(11(14)15)6-8(13)7-12/h2-5,8,13H,6-7H2,1H3,(H,14,15). The lowest BCUT2D eigenvalue weighted by atomic mass is 9.81. The zero-order valence-electron chi connectivity index (χ0n) is 10.2. The fourth-order valence-corrected chi connectivity index (χ4v) is 4.19. The molecule has 0 atom stereocenters. The van der Waals surface area contributed by atoms with E-state index >= 15 is 0 Å². The highest BCUT2D eigenvalue weighted by Crippen LogP contribution is 2.43. The lowest BCUT2D eigenvalue weighted by Crippen LogP contribution is -2.58. The van der Waals surface area contributed by atoms with Crippen molar-refractivity contribution >= 4 is 15.8 Å². The summed E-state index contributed by atoms with van der Waals surface area (Å²) in [6.07, 6.45) is -1.45. The van der Waals surface area contributed by atoms with Crippen molar-refractivity contribution in [1.29, 1.82) is 0 Å². The van der Waals surface area contributed by atoms with Gasteiger partial charge >= 0.3 is 5.97 Å². The van der Waals surface area contributed by atoms with Gasteiger partial charge in [-0.05, 0) is 24.3 Å². The maximum Gasteiger partial charge on any atom is 0.325 e. The molecule has 7 heteroatoms. The molecule has 0 heterocycles. The molecule has 19 heavy (non-hydrogen) atoms. The normalized spacial score (nSPS) is 26.5. The molecule has 0 aliphatic heterocycles. The SMILES string of the molecule is COc1ccc(S(=O)(=O)C2(C(=O)O)CC(O)C2)cc1. The van der Waals surface area contributed by atoms with E-state index in [1.807, 2.05) is 0 Å². The first-order valence-electron chi connectivity index (χ1n) is 5.63. The Kier molecular flexibility index (Phi) is 3.27. The molecule has 104 valence electrons. The van der Waals surface area contributed by atoms with Gasteiger partial charge in [-0.25, -0.2) is 8.42 Å². The second kappa shape index (κ2) is 4.50. The number of rotatable bonds is 4. The minimum Gasteiger partial charge on any atom is -0.497 e. The van der Waals surface area contributed by atoms with Crippen molar-refractivity contribution in [1.82, 2.24) is 0 Å². The van der Waals surface area contributed by atoms with Crippen LogP contribution < -0.4 is 4.74 Å². The summed E-state index contributed by atoms with van der Waals surface area (Å²) in [4.78, 5) is 11.2. The van der Waals surface area contributed by atoms with Gasteiger partial charge in [-0.15, -0.1) is 0 Å². The fourth-order valence-electron chi connectivity index (χ4n) is 2.19. The van der Waals surface area contributed by atoms with Gasteiger partial charge in [0.2, 0.25) is 0 Å². The van der Waals surface area contributed by atoms with Gasteiger partial charge in [-0.1, -0.05) is 0 Å². The quantitative estimate of drug-likeness (QED) is 0.833. The molecule has 6 nitrogen and oxygen atoms in total. The summed E-state index contributed by atoms with van der Waals surface area (Å²) in [6, 6.07) is 5.53. The van der Waals surface area contributed by atoms with E-state index in [1.54, 1.807) is 0 Å². The van der Waals surface area contributed by atoms with Crippen LogP contribution in [0.25, 0.3) is 0 Å². The number of carboxylic acid groups (broad SMARTS) is 1. The molecule has 0 radical (unpaired) electrons. The number of aliphatic carboxylic acids is 1. The highest BCUT2D eigenvalue weighted by Gasteiger charge is 2.60. The Morgan fingerprint density at radius 2 is 1.84 bits per heavy atom. The lowest BCUT2D eigenvalue weighted by Gasteiger charge is -2.40. The number of hydrogen-bond donors (Lipinski definition) is 2. The topological polar surface area (TPSA) is 101 Å². The summed E-state index contributed by atoms with van der Waals surface area (Å²) < 4.78 is 27.8. The van der Waals surface area contributed by atoms with E-state index in [0.29, 0.717) is 5.75 Å². The smallest absolute Gasteiger partial charge is 0.325 e. The van der Waals surface area contributed by atoms with Crippen molar-refractivity contribution < 1.29 is 28.2 Å². The van der Waals surface area contributed by atoms with Gasteiger partial charge in [0.05, 0.1) is 18.1 Å². The minimum absolute atomic E-state index is 0.0809. The monoisotopic (exact) mass is 286 g/mol. The number of carboxylic acids is 1. The van der Waals surface area contributed by atoms with E-state index in [1.165, 1.54) is 31.4 Å². The molecule has 2 rings (SSSR count). The largest absolute Gasteiger partial charge is 0.497 e. The van der Waals surface area contributed by atoms with Crippen molar-refractivity contribution in [3.63, 3.8) is 0 Å². The molecule has 0 unspecified atom stereocenters. The van der Waals surface area contributed by atoms with E-state index in [2.05, 4.69) is 0 Å². The van der Waals surface area contributed by atoms with Gasteiger partial charge in [-0.3, -0.25) is 4.79 Å². The fraction of sp³-hybridized carbons (Fsp3) is 0.417. The number of ether oxygens (including phenoxy) is 1. The molecular weight excluding hydrogens is 272 g/mol. The van der Waals surface area contributed by atoms with Crippen molar-refractivity contribution in [2.75, 3.05) is 7.11 Å². The number of benzene rings is 1. The van der Waals surface area contributed by atoms with Crippen molar-refractivity contribution in [3.8, 4) is 5.75 Å². The molecular formula is C12H14O6S. The third-order valence-corrected chi connectivity index (χ3v) is 5.83. The number of methoxy groups -OCH3 is 1. The van der Waals surface area contributed by atoms with Crippen LogP contribution in [-0.2, 0) is 14.6 Å². The van der Waals surface area contributed by atoms with E-state index in [-0.39, 0.29) is 17.7 Å². The predicted octanol–water partition coefficient (Wildman–Crippen LogP) is 0.447. The summed E-state index contributed by atoms with van der Waals surface area (Å²) in [7, 11) is -2.59. The Labute approximate surface area is 110 Å². The molecule has 0 spiro atoms. The van der Waals surface area contributed by atoms with Crippen LogP contribution in [0.15, 0.2) is 29.2 Å². The molecule has 0 saturated heterocycles. The maximum atomic E-state index is 12.4. The maximum absolute atomic E-state index is 12.4. The molecule has 0 bridgehead atoms. The summed E-state index contributed by atoms with van der Waals surface area (Å²) in [5.74, 6) is -0.939. The minimum atomic E-state index is -4.04. The Hall–Kier alpha value is -1.60. The second-order valence-corrected chi connectivity index (χ2v) is 6.80. The van der Waals surface area contributed by atoms with Gasteiger partial charge in [0, 0.05) is 12.8 Å². The second-order valence-electron chi connectivity index (χ2n) is 4.54. The average Bonchev–Trinajstić information content (AvgIpc) is 2.34. The van der Waals surface area contributed by atoms with Crippen LogP contribution in [0.2, 0.25) is 0 Å². The van der Waals surface area contributed by atoms with Crippen LogP contribution in [0.4, 0.5) is 0 Å². The van der Waals surface area contributed by atoms with Crippen LogP contribution in [0.1, 0.15) is 12.8 Å². The third kappa shape index (κ3) is 1.98. The highest BCUT2D eigenvalue weighted by atomic mass is 32.2. The van der Waals surface area contributed by atoms with Gasteiger partial charge in [-0.2, -0.15) is 0 Å². The Bertz CT molecular complexity index is 583. The summed E-state index contributed by atoms with van der Waals surface area (Å²) in [5, 5.41) is 18.5. The van der Waals surface area contributed by atoms with E-state index < -0.39 is 26.7 Å². The molecule has 1 saturated carbocycles. The van der Waals surface area contributed by atoms with Crippen LogP contribution in [0, 0.1) is 0 Å². The molecule has 0 amide bonds. The van der Waals surface area contributed by atoms with Crippen LogP contribution in [0.5, 0.6) is 5.75 Å². The number of carbonyl (C=O) groups is 1. The first kappa shape index (κ1) is 13.8. The Balaban J connectivity index is 2.43. The highest BCUT2D eigenvalue weighted by molar-refractivity contribution is 7.93. The Morgan fingerprint density at radius 3 is 2.21 bits per heavy atom. The molecule has 2 N–H and O–H groups in total. The zero-order valence-corrected chi connectivity index (χ0v) is 11.1. The van der Waals surface area contributed by atoms with E-state index in [9.17, 15) is 23.4 Å². The molecule has 1 fully saturated rings. The van der Waals surface area contributed by atoms with Crippen molar-refractivity contribution in [2.24, 2.45) is 0 Å². The van der Waals surface area contributed by atoms with Crippen molar-refractivity contribution in [2.45, 2.75) is 28.6 Å². The number of aliphatic hydroxyl groups is 1. The summed E-state index contributed by atoms with van der Waals surface area (Å²) in [6.45, 7) is 0.